The Labute approximate surface area is 114 Å². The van der Waals surface area contributed by atoms with E-state index in [2.05, 4.69) is 15.6 Å². The maximum Gasteiger partial charge on any atom is 0.325 e. The molecule has 1 unspecified atom stereocenters. The van der Waals surface area contributed by atoms with Crippen molar-refractivity contribution >= 4 is 17.8 Å². The molecule has 1 saturated heterocycles. The van der Waals surface area contributed by atoms with Crippen LogP contribution in [0.2, 0.25) is 0 Å². The van der Waals surface area contributed by atoms with Crippen molar-refractivity contribution in [3.8, 4) is 0 Å². The molecule has 9 nitrogen and oxygen atoms in total. The quantitative estimate of drug-likeness (QED) is 0.709. The topological polar surface area (TPSA) is 117 Å². The Hall–Kier alpha value is -2.45. The van der Waals surface area contributed by atoms with Crippen LogP contribution in [0, 0.1) is 0 Å². The minimum absolute atomic E-state index is 0.0504. The van der Waals surface area contributed by atoms with Crippen LogP contribution in [-0.2, 0) is 16.1 Å². The van der Waals surface area contributed by atoms with Crippen LogP contribution >= 0.6 is 0 Å². The molecule has 2 N–H and O–H groups in total. The largest absolute Gasteiger partial charge is 0.480 e. The first-order valence-electron chi connectivity index (χ1n) is 6.14. The number of nitrogens with zero attached hydrogens (tertiary/aromatic N) is 4. The number of carboxylic acid groups (broad SMARTS) is 1. The third-order valence-electron chi connectivity index (χ3n) is 2.94. The Morgan fingerprint density at radius 1 is 1.50 bits per heavy atom. The molecule has 0 aromatic carbocycles. The van der Waals surface area contributed by atoms with E-state index in [0.717, 1.165) is 4.68 Å². The fraction of sp³-hybridized carbons (Fsp3) is 0.545. The number of aliphatic carboxylic acids is 1. The summed E-state index contributed by atoms with van der Waals surface area (Å²) in [6.45, 7) is 2.04. The number of likely N-dealkylation sites (tertiary alicyclic amines) is 1. The first-order valence-corrected chi connectivity index (χ1v) is 6.14. The van der Waals surface area contributed by atoms with E-state index in [1.54, 1.807) is 4.90 Å². The summed E-state index contributed by atoms with van der Waals surface area (Å²) in [6.07, 6.45) is 2.00. The highest BCUT2D eigenvalue weighted by Crippen LogP contribution is 2.12. The number of carbonyl (C=O) groups excluding carboxylic acids is 2. The van der Waals surface area contributed by atoms with E-state index in [0.29, 0.717) is 19.5 Å². The molecule has 108 valence electrons. The van der Waals surface area contributed by atoms with E-state index >= 15 is 0 Å². The van der Waals surface area contributed by atoms with Crippen LogP contribution in [0.15, 0.2) is 6.20 Å². The van der Waals surface area contributed by atoms with E-state index < -0.39 is 5.97 Å². The van der Waals surface area contributed by atoms with Gasteiger partial charge in [-0.3, -0.25) is 14.4 Å². The summed E-state index contributed by atoms with van der Waals surface area (Å²) in [5, 5.41) is 18.6. The van der Waals surface area contributed by atoms with E-state index in [1.807, 2.05) is 0 Å². The molecule has 0 aliphatic carbocycles. The molecule has 2 heterocycles. The molecule has 0 spiro atoms. The molecule has 20 heavy (non-hydrogen) atoms. The molecule has 1 fully saturated rings. The van der Waals surface area contributed by atoms with Crippen LogP contribution in [0.5, 0.6) is 0 Å². The molecule has 1 aromatic rings. The third kappa shape index (κ3) is 3.31. The lowest BCUT2D eigenvalue weighted by molar-refractivity contribution is -0.138. The molecule has 2 amide bonds. The molecule has 2 rings (SSSR count). The molecule has 0 radical (unpaired) electrons. The van der Waals surface area contributed by atoms with Crippen LogP contribution < -0.4 is 5.32 Å². The van der Waals surface area contributed by atoms with Crippen molar-refractivity contribution in [3.63, 3.8) is 0 Å². The molecule has 1 atom stereocenters. The highest BCUT2D eigenvalue weighted by molar-refractivity contribution is 5.92. The minimum atomic E-state index is -1.05. The second-order valence-electron chi connectivity index (χ2n) is 4.63. The van der Waals surface area contributed by atoms with Crippen LogP contribution in [-0.4, -0.2) is 61.9 Å². The molecule has 1 aliphatic heterocycles. The van der Waals surface area contributed by atoms with Gasteiger partial charge in [0.05, 0.1) is 6.20 Å². The second kappa shape index (κ2) is 5.68. The van der Waals surface area contributed by atoms with Gasteiger partial charge in [0.25, 0.3) is 5.91 Å². The normalized spacial score (nSPS) is 18.1. The van der Waals surface area contributed by atoms with Crippen molar-refractivity contribution in [2.24, 2.45) is 0 Å². The first-order chi connectivity index (χ1) is 9.45. The van der Waals surface area contributed by atoms with Gasteiger partial charge in [-0.25, -0.2) is 4.68 Å². The summed E-state index contributed by atoms with van der Waals surface area (Å²) in [5.41, 5.74) is 0.106. The smallest absolute Gasteiger partial charge is 0.325 e. The lowest BCUT2D eigenvalue weighted by Crippen LogP contribution is -2.37. The second-order valence-corrected chi connectivity index (χ2v) is 4.63. The lowest BCUT2D eigenvalue weighted by Gasteiger charge is -2.15. The molecule has 0 bridgehead atoms. The summed E-state index contributed by atoms with van der Waals surface area (Å²) < 4.78 is 1.09. The summed E-state index contributed by atoms with van der Waals surface area (Å²) in [4.78, 5) is 35.2. The van der Waals surface area contributed by atoms with E-state index in [9.17, 15) is 14.4 Å². The maximum absolute atomic E-state index is 12.1. The molecular weight excluding hydrogens is 266 g/mol. The van der Waals surface area contributed by atoms with Crippen LogP contribution in [0.3, 0.4) is 0 Å². The van der Waals surface area contributed by atoms with Gasteiger partial charge in [0.15, 0.2) is 5.69 Å². The zero-order valence-electron chi connectivity index (χ0n) is 10.9. The van der Waals surface area contributed by atoms with E-state index in [-0.39, 0.29) is 30.1 Å². The van der Waals surface area contributed by atoms with Gasteiger partial charge in [-0.05, 0) is 6.42 Å². The average molecular weight is 281 g/mol. The van der Waals surface area contributed by atoms with Crippen LogP contribution in [0.25, 0.3) is 0 Å². The first kappa shape index (κ1) is 14.0. The molecule has 1 aliphatic rings. The highest BCUT2D eigenvalue weighted by atomic mass is 16.4. The fourth-order valence-electron chi connectivity index (χ4n) is 2.12. The summed E-state index contributed by atoms with van der Waals surface area (Å²) in [7, 11) is 0. The van der Waals surface area contributed by atoms with Gasteiger partial charge in [-0.15, -0.1) is 5.10 Å². The van der Waals surface area contributed by atoms with Crippen molar-refractivity contribution in [1.82, 2.24) is 25.2 Å². The zero-order chi connectivity index (χ0) is 14.7. The number of hydrogen-bond donors (Lipinski definition) is 2. The molecule has 1 aromatic heterocycles. The third-order valence-corrected chi connectivity index (χ3v) is 2.94. The predicted octanol–water partition coefficient (Wildman–Crippen LogP) is -1.29. The molecule has 0 saturated carbocycles. The van der Waals surface area contributed by atoms with E-state index in [4.69, 9.17) is 5.11 Å². The Kier molecular flexibility index (Phi) is 3.97. The average Bonchev–Trinajstić information content (AvgIpc) is 2.96. The molecular formula is C11H15N5O4. The van der Waals surface area contributed by atoms with Crippen LogP contribution in [0.4, 0.5) is 0 Å². The number of aromatic nitrogens is 3. The van der Waals surface area contributed by atoms with E-state index in [1.165, 1.54) is 13.1 Å². The number of hydrogen-bond acceptors (Lipinski definition) is 5. The Morgan fingerprint density at radius 2 is 2.25 bits per heavy atom. The number of amides is 2. The Morgan fingerprint density at radius 3 is 2.90 bits per heavy atom. The monoisotopic (exact) mass is 281 g/mol. The Bertz CT molecular complexity index is 541. The van der Waals surface area contributed by atoms with Crippen molar-refractivity contribution in [2.45, 2.75) is 25.9 Å². The van der Waals surface area contributed by atoms with Gasteiger partial charge in [0.2, 0.25) is 5.91 Å². The zero-order valence-corrected chi connectivity index (χ0v) is 10.9. The van der Waals surface area contributed by atoms with Gasteiger partial charge in [0.1, 0.15) is 6.54 Å². The number of carbonyl (C=O) groups is 3. The van der Waals surface area contributed by atoms with Gasteiger partial charge in [0, 0.05) is 26.1 Å². The van der Waals surface area contributed by atoms with Gasteiger partial charge >= 0.3 is 5.97 Å². The summed E-state index contributed by atoms with van der Waals surface area (Å²) >= 11 is 0. The van der Waals surface area contributed by atoms with Gasteiger partial charge in [-0.1, -0.05) is 5.21 Å². The van der Waals surface area contributed by atoms with Crippen molar-refractivity contribution in [2.75, 3.05) is 13.1 Å². The number of nitrogens with one attached hydrogen (secondary N) is 1. The summed E-state index contributed by atoms with van der Waals surface area (Å²) in [6, 6.07) is -0.0504. The van der Waals surface area contributed by atoms with Crippen molar-refractivity contribution < 1.29 is 19.5 Å². The number of rotatable bonds is 4. The van der Waals surface area contributed by atoms with Crippen LogP contribution in [0.1, 0.15) is 23.8 Å². The predicted molar refractivity (Wildman–Crippen MR) is 65.8 cm³/mol. The van der Waals surface area contributed by atoms with Gasteiger partial charge < -0.3 is 15.3 Å². The SMILES string of the molecule is CC(=O)NC1CCN(C(=O)c2cn(CC(=O)O)nn2)C1. The molecule has 9 heteroatoms. The van der Waals surface area contributed by atoms with Crippen molar-refractivity contribution in [1.29, 1.82) is 0 Å². The summed E-state index contributed by atoms with van der Waals surface area (Å²) in [5.74, 6) is -1.49. The fourth-order valence-corrected chi connectivity index (χ4v) is 2.12. The minimum Gasteiger partial charge on any atom is -0.480 e. The standard InChI is InChI=1S/C11H15N5O4/c1-7(17)12-8-2-3-15(4-8)11(20)9-5-16(14-13-9)6-10(18)19/h5,8H,2-4,6H2,1H3,(H,12,17)(H,18,19). The maximum atomic E-state index is 12.1. The van der Waals surface area contributed by atoms with Crippen molar-refractivity contribution in [3.05, 3.63) is 11.9 Å². The van der Waals surface area contributed by atoms with Gasteiger partial charge in [-0.2, -0.15) is 0 Å². The highest BCUT2D eigenvalue weighted by Gasteiger charge is 2.28. The lowest BCUT2D eigenvalue weighted by atomic mass is 10.2. The number of carboxylic acids is 1. The Balaban J connectivity index is 1.96.